The molecule has 1 aromatic rings. The highest BCUT2D eigenvalue weighted by molar-refractivity contribution is 9.10. The molecule has 2 rings (SSSR count). The van der Waals surface area contributed by atoms with E-state index >= 15 is 0 Å². The second-order valence-electron chi connectivity index (χ2n) is 5.94. The van der Waals surface area contributed by atoms with Gasteiger partial charge in [0.25, 0.3) is 0 Å². The van der Waals surface area contributed by atoms with Gasteiger partial charge >= 0.3 is 0 Å². The van der Waals surface area contributed by atoms with E-state index in [-0.39, 0.29) is 0 Å². The van der Waals surface area contributed by atoms with E-state index in [0.29, 0.717) is 17.5 Å². The van der Waals surface area contributed by atoms with Gasteiger partial charge in [-0.1, -0.05) is 22.9 Å². The molecule has 21 heavy (non-hydrogen) atoms. The first-order chi connectivity index (χ1) is 10.1. The van der Waals surface area contributed by atoms with Gasteiger partial charge in [0.05, 0.1) is 11.3 Å². The Kier molecular flexibility index (Phi) is 6.08. The van der Waals surface area contributed by atoms with E-state index in [2.05, 4.69) is 46.1 Å². The van der Waals surface area contributed by atoms with Gasteiger partial charge in [0.2, 0.25) is 0 Å². The number of likely N-dealkylation sites (tertiary alicyclic amines) is 1. The lowest BCUT2D eigenvalue weighted by molar-refractivity contribution is 0.165. The molecule has 0 amide bonds. The smallest absolute Gasteiger partial charge is 0.101 e. The summed E-state index contributed by atoms with van der Waals surface area (Å²) in [6.07, 6.45) is 3.77. The summed E-state index contributed by atoms with van der Waals surface area (Å²) in [5.74, 6) is 0.653. The van der Waals surface area contributed by atoms with Gasteiger partial charge in [-0.3, -0.25) is 0 Å². The van der Waals surface area contributed by atoms with Crippen LogP contribution in [0.4, 0.5) is 5.69 Å². The minimum Gasteiger partial charge on any atom is -0.381 e. The Morgan fingerprint density at radius 3 is 3.05 bits per heavy atom. The van der Waals surface area contributed by atoms with Gasteiger partial charge < -0.3 is 10.2 Å². The SMILES string of the molecule is CCCN1CCCC(C(C)Nc2ccc(Br)cc2C#N)C1. The molecule has 1 heterocycles. The fraction of sp³-hybridized carbons (Fsp3) is 0.588. The van der Waals surface area contributed by atoms with Crippen LogP contribution >= 0.6 is 15.9 Å². The van der Waals surface area contributed by atoms with Crippen molar-refractivity contribution in [3.63, 3.8) is 0 Å². The Morgan fingerprint density at radius 1 is 1.52 bits per heavy atom. The first-order valence-corrected chi connectivity index (χ1v) is 8.62. The summed E-state index contributed by atoms with van der Waals surface area (Å²) in [5, 5.41) is 12.8. The first-order valence-electron chi connectivity index (χ1n) is 7.82. The lowest BCUT2D eigenvalue weighted by Gasteiger charge is -2.36. The Labute approximate surface area is 136 Å². The van der Waals surface area contributed by atoms with Crippen LogP contribution in [0, 0.1) is 17.2 Å². The van der Waals surface area contributed by atoms with Gasteiger partial charge in [-0.2, -0.15) is 5.26 Å². The number of anilines is 1. The summed E-state index contributed by atoms with van der Waals surface area (Å²) in [6, 6.07) is 8.51. The van der Waals surface area contributed by atoms with Gasteiger partial charge in [0.1, 0.15) is 6.07 Å². The Balaban J connectivity index is 2.01. The maximum Gasteiger partial charge on any atom is 0.101 e. The lowest BCUT2D eigenvalue weighted by atomic mass is 9.91. The molecule has 4 heteroatoms. The Bertz CT molecular complexity index is 507. The number of benzene rings is 1. The minimum absolute atomic E-state index is 0.387. The highest BCUT2D eigenvalue weighted by atomic mass is 79.9. The summed E-state index contributed by atoms with van der Waals surface area (Å²) >= 11 is 3.42. The standard InChI is InChI=1S/C17H24BrN3/c1-3-8-21-9-4-5-14(12-21)13(2)20-17-7-6-16(18)10-15(17)11-19/h6-7,10,13-14,20H,3-5,8-9,12H2,1-2H3. The van der Waals surface area contributed by atoms with Crippen LogP contribution in [0.2, 0.25) is 0 Å². The van der Waals surface area contributed by atoms with Crippen LogP contribution in [-0.2, 0) is 0 Å². The van der Waals surface area contributed by atoms with Crippen LogP contribution in [0.15, 0.2) is 22.7 Å². The number of piperidine rings is 1. The summed E-state index contributed by atoms with van der Waals surface area (Å²) in [7, 11) is 0. The zero-order valence-corrected chi connectivity index (χ0v) is 14.5. The molecule has 2 unspecified atom stereocenters. The molecular weight excluding hydrogens is 326 g/mol. The zero-order chi connectivity index (χ0) is 15.2. The van der Waals surface area contributed by atoms with Crippen molar-refractivity contribution in [2.45, 2.75) is 39.2 Å². The van der Waals surface area contributed by atoms with Crippen LogP contribution in [0.3, 0.4) is 0 Å². The summed E-state index contributed by atoms with van der Waals surface area (Å²) in [6.45, 7) is 8.08. The van der Waals surface area contributed by atoms with Crippen molar-refractivity contribution < 1.29 is 0 Å². The lowest BCUT2D eigenvalue weighted by Crippen LogP contribution is -2.42. The van der Waals surface area contributed by atoms with Crippen molar-refractivity contribution >= 4 is 21.6 Å². The van der Waals surface area contributed by atoms with E-state index in [0.717, 1.165) is 10.2 Å². The van der Waals surface area contributed by atoms with Crippen molar-refractivity contribution in [2.75, 3.05) is 25.0 Å². The second kappa shape index (κ2) is 7.82. The molecule has 0 saturated carbocycles. The van der Waals surface area contributed by atoms with Crippen LogP contribution < -0.4 is 5.32 Å². The molecule has 0 spiro atoms. The predicted octanol–water partition coefficient (Wildman–Crippen LogP) is 4.24. The number of nitrogens with one attached hydrogen (secondary N) is 1. The molecule has 0 radical (unpaired) electrons. The number of hydrogen-bond donors (Lipinski definition) is 1. The molecule has 1 aromatic carbocycles. The molecule has 1 aliphatic heterocycles. The van der Waals surface area contributed by atoms with E-state index in [1.165, 1.54) is 38.9 Å². The number of rotatable bonds is 5. The fourth-order valence-corrected chi connectivity index (χ4v) is 3.48. The van der Waals surface area contributed by atoms with Gasteiger partial charge in [0, 0.05) is 17.1 Å². The van der Waals surface area contributed by atoms with E-state index in [1.54, 1.807) is 0 Å². The van der Waals surface area contributed by atoms with Crippen molar-refractivity contribution in [1.29, 1.82) is 5.26 Å². The molecule has 1 fully saturated rings. The van der Waals surface area contributed by atoms with E-state index < -0.39 is 0 Å². The monoisotopic (exact) mass is 349 g/mol. The molecule has 2 atom stereocenters. The summed E-state index contributed by atoms with van der Waals surface area (Å²) < 4.78 is 0.948. The van der Waals surface area contributed by atoms with Crippen LogP contribution in [0.25, 0.3) is 0 Å². The average Bonchev–Trinajstić information content (AvgIpc) is 2.49. The van der Waals surface area contributed by atoms with Gasteiger partial charge in [-0.15, -0.1) is 0 Å². The van der Waals surface area contributed by atoms with E-state index in [1.807, 2.05) is 18.2 Å². The largest absolute Gasteiger partial charge is 0.381 e. The second-order valence-corrected chi connectivity index (χ2v) is 6.85. The molecule has 1 N–H and O–H groups in total. The highest BCUT2D eigenvalue weighted by Gasteiger charge is 2.24. The van der Waals surface area contributed by atoms with Gasteiger partial charge in [0.15, 0.2) is 0 Å². The van der Waals surface area contributed by atoms with Gasteiger partial charge in [-0.25, -0.2) is 0 Å². The Hall–Kier alpha value is -1.05. The van der Waals surface area contributed by atoms with Crippen molar-refractivity contribution in [3.8, 4) is 6.07 Å². The third kappa shape index (κ3) is 4.46. The van der Waals surface area contributed by atoms with Crippen LogP contribution in [0.1, 0.15) is 38.7 Å². The summed E-state index contributed by atoms with van der Waals surface area (Å²) in [5.41, 5.74) is 1.65. The number of nitriles is 1. The Morgan fingerprint density at radius 2 is 2.33 bits per heavy atom. The predicted molar refractivity (Wildman–Crippen MR) is 91.4 cm³/mol. The average molecular weight is 350 g/mol. The quantitative estimate of drug-likeness (QED) is 0.863. The minimum atomic E-state index is 0.387. The third-order valence-corrected chi connectivity index (χ3v) is 4.77. The van der Waals surface area contributed by atoms with Gasteiger partial charge in [-0.05, 0) is 63.4 Å². The maximum atomic E-state index is 9.26. The van der Waals surface area contributed by atoms with Crippen molar-refractivity contribution in [3.05, 3.63) is 28.2 Å². The number of hydrogen-bond acceptors (Lipinski definition) is 3. The van der Waals surface area contributed by atoms with E-state index in [9.17, 15) is 5.26 Å². The molecule has 0 aliphatic carbocycles. The summed E-state index contributed by atoms with van der Waals surface area (Å²) in [4.78, 5) is 2.57. The molecule has 114 valence electrons. The molecule has 1 aliphatic rings. The zero-order valence-electron chi connectivity index (χ0n) is 12.9. The molecule has 3 nitrogen and oxygen atoms in total. The normalized spacial score (nSPS) is 20.8. The third-order valence-electron chi connectivity index (χ3n) is 4.27. The molecular formula is C17H24BrN3. The first kappa shape index (κ1) is 16.3. The topological polar surface area (TPSA) is 39.1 Å². The van der Waals surface area contributed by atoms with E-state index in [4.69, 9.17) is 0 Å². The molecule has 0 bridgehead atoms. The number of nitrogens with zero attached hydrogens (tertiary/aromatic N) is 2. The maximum absolute atomic E-state index is 9.26. The molecule has 1 saturated heterocycles. The highest BCUT2D eigenvalue weighted by Crippen LogP contribution is 2.25. The van der Waals surface area contributed by atoms with Crippen LogP contribution in [-0.4, -0.2) is 30.6 Å². The fourth-order valence-electron chi connectivity index (χ4n) is 3.12. The molecule has 0 aromatic heterocycles. The van der Waals surface area contributed by atoms with Crippen molar-refractivity contribution in [2.24, 2.45) is 5.92 Å². The number of halogens is 1. The van der Waals surface area contributed by atoms with Crippen molar-refractivity contribution in [1.82, 2.24) is 4.90 Å². The van der Waals surface area contributed by atoms with Crippen LogP contribution in [0.5, 0.6) is 0 Å².